The summed E-state index contributed by atoms with van der Waals surface area (Å²) in [6, 6.07) is 18.5. The van der Waals surface area contributed by atoms with E-state index in [4.69, 9.17) is 4.74 Å². The molecule has 3 aromatic rings. The number of hydrogen-bond donors (Lipinski definition) is 1. The van der Waals surface area contributed by atoms with E-state index in [0.29, 0.717) is 23.1 Å². The quantitative estimate of drug-likeness (QED) is 0.383. The van der Waals surface area contributed by atoms with E-state index in [1.54, 1.807) is 12.1 Å². The summed E-state index contributed by atoms with van der Waals surface area (Å²) < 4.78 is 7.67. The first-order valence-electron chi connectivity index (χ1n) is 8.92. The van der Waals surface area contributed by atoms with Gasteiger partial charge in [-0.2, -0.15) is 0 Å². The van der Waals surface area contributed by atoms with Crippen LogP contribution in [0.4, 0.5) is 5.69 Å². The highest BCUT2D eigenvalue weighted by Gasteiger charge is 2.20. The van der Waals surface area contributed by atoms with Crippen molar-refractivity contribution in [2.24, 2.45) is 19.1 Å². The zero-order valence-corrected chi connectivity index (χ0v) is 16.9. The molecule has 7 nitrogen and oxygen atoms in total. The van der Waals surface area contributed by atoms with Crippen molar-refractivity contribution in [2.45, 2.75) is 0 Å². The van der Waals surface area contributed by atoms with Crippen LogP contribution in [0.3, 0.4) is 0 Å². The lowest BCUT2D eigenvalue weighted by Gasteiger charge is -2.13. The number of nitrogens with zero attached hydrogens (tertiary/aromatic N) is 3. The Balaban J connectivity index is 1.92. The van der Waals surface area contributed by atoms with Crippen LogP contribution in [0.1, 0.15) is 5.56 Å². The maximum atomic E-state index is 12.7. The Kier molecular flexibility index (Phi) is 6.56. The minimum Gasteiger partial charge on any atom is -0.494 e. The van der Waals surface area contributed by atoms with Crippen molar-refractivity contribution in [1.29, 1.82) is 0 Å². The molecule has 0 saturated carbocycles. The van der Waals surface area contributed by atoms with Crippen molar-refractivity contribution in [1.82, 2.24) is 9.13 Å². The number of aromatic hydroxyl groups is 1. The average Bonchev–Trinajstić information content (AvgIpc) is 2.75. The van der Waals surface area contributed by atoms with Gasteiger partial charge in [-0.1, -0.05) is 36.4 Å². The molecule has 0 radical (unpaired) electrons. The molecule has 3 rings (SSSR count). The topological polar surface area (TPSA) is 85.8 Å². The minimum absolute atomic E-state index is 0.0110. The second kappa shape index (κ2) is 9.29. The Morgan fingerprint density at radius 1 is 1.00 bits per heavy atom. The Hall–Kier alpha value is -3.26. The smallest absolute Gasteiger partial charge is 0.333 e. The van der Waals surface area contributed by atoms with Crippen LogP contribution in [0.5, 0.6) is 11.6 Å². The number of rotatable bonds is 6. The van der Waals surface area contributed by atoms with Crippen LogP contribution in [0.25, 0.3) is 0 Å². The first-order chi connectivity index (χ1) is 14.0. The molecular formula is C21H21N3O4S. The molecule has 8 heteroatoms. The zero-order valence-electron chi connectivity index (χ0n) is 16.1. The number of ether oxygens (including phenoxy) is 1. The maximum Gasteiger partial charge on any atom is 0.333 e. The van der Waals surface area contributed by atoms with Gasteiger partial charge in [0, 0.05) is 19.8 Å². The van der Waals surface area contributed by atoms with Crippen molar-refractivity contribution < 1.29 is 9.84 Å². The van der Waals surface area contributed by atoms with E-state index in [-0.39, 0.29) is 5.56 Å². The van der Waals surface area contributed by atoms with Crippen LogP contribution >= 0.6 is 11.8 Å². The molecule has 0 spiro atoms. The van der Waals surface area contributed by atoms with Gasteiger partial charge in [-0.25, -0.2) is 9.79 Å². The van der Waals surface area contributed by atoms with Gasteiger partial charge in [0.15, 0.2) is 0 Å². The number of benzene rings is 2. The largest absolute Gasteiger partial charge is 0.494 e. The lowest BCUT2D eigenvalue weighted by molar-refractivity contribution is 0.344. The summed E-state index contributed by atoms with van der Waals surface area (Å²) in [6.07, 6.45) is 0. The van der Waals surface area contributed by atoms with Crippen LogP contribution < -0.4 is 16.0 Å². The summed E-state index contributed by atoms with van der Waals surface area (Å²) in [7, 11) is 2.78. The summed E-state index contributed by atoms with van der Waals surface area (Å²) in [5.74, 6) is 0.825. The summed E-state index contributed by atoms with van der Waals surface area (Å²) in [5.41, 5.74) is -0.582. The third-order valence-corrected chi connectivity index (χ3v) is 5.11. The van der Waals surface area contributed by atoms with Crippen LogP contribution in [0, 0.1) is 0 Å². The SMILES string of the molecule is Cn1c(O)c(C(=Nc2ccccc2)SCCOc2ccccc2)c(=O)n(C)c1=O. The monoisotopic (exact) mass is 411 g/mol. The fraction of sp³-hybridized carbons (Fsp3) is 0.190. The predicted molar refractivity (Wildman–Crippen MR) is 116 cm³/mol. The van der Waals surface area contributed by atoms with Crippen molar-refractivity contribution in [3.05, 3.63) is 87.1 Å². The number of thioether (sulfide) groups is 1. The number of aliphatic imine (C=N–C) groups is 1. The molecule has 0 aliphatic carbocycles. The molecule has 0 aliphatic heterocycles. The third kappa shape index (κ3) is 4.78. The lowest BCUT2D eigenvalue weighted by atomic mass is 10.3. The van der Waals surface area contributed by atoms with E-state index < -0.39 is 17.1 Å². The Bertz CT molecular complexity index is 1120. The maximum absolute atomic E-state index is 12.7. The molecular weight excluding hydrogens is 390 g/mol. The number of para-hydroxylation sites is 2. The summed E-state index contributed by atoms with van der Waals surface area (Å²) in [4.78, 5) is 29.3. The van der Waals surface area contributed by atoms with Gasteiger partial charge in [-0.05, 0) is 24.3 Å². The average molecular weight is 411 g/mol. The van der Waals surface area contributed by atoms with Gasteiger partial charge in [0.25, 0.3) is 5.56 Å². The molecule has 1 heterocycles. The standard InChI is InChI=1S/C21H21N3O4S/c1-23-19(25)17(20(26)24(2)21(23)27)18(22-15-9-5-3-6-10-15)29-14-13-28-16-11-7-4-8-12-16/h3-12,25H,13-14H2,1-2H3. The van der Waals surface area contributed by atoms with Crippen LogP contribution in [0.2, 0.25) is 0 Å². The summed E-state index contributed by atoms with van der Waals surface area (Å²) in [5, 5.41) is 10.8. The fourth-order valence-corrected chi connectivity index (χ4v) is 3.47. The second-order valence-corrected chi connectivity index (χ2v) is 7.25. The predicted octanol–water partition coefficient (Wildman–Crippen LogP) is 2.68. The van der Waals surface area contributed by atoms with Gasteiger partial charge in [0.2, 0.25) is 5.88 Å². The highest BCUT2D eigenvalue weighted by molar-refractivity contribution is 8.14. The van der Waals surface area contributed by atoms with Crippen molar-refractivity contribution in [3.8, 4) is 11.6 Å². The van der Waals surface area contributed by atoms with E-state index >= 15 is 0 Å². The van der Waals surface area contributed by atoms with Crippen LogP contribution in [0.15, 0.2) is 75.2 Å². The van der Waals surface area contributed by atoms with E-state index in [9.17, 15) is 14.7 Å². The number of aromatic nitrogens is 2. The van der Waals surface area contributed by atoms with Crippen molar-refractivity contribution in [3.63, 3.8) is 0 Å². The highest BCUT2D eigenvalue weighted by atomic mass is 32.2. The molecule has 0 saturated heterocycles. The molecule has 0 amide bonds. The normalized spacial score (nSPS) is 11.4. The van der Waals surface area contributed by atoms with Crippen LogP contribution in [-0.2, 0) is 14.1 Å². The van der Waals surface area contributed by atoms with Gasteiger partial charge >= 0.3 is 5.69 Å². The van der Waals surface area contributed by atoms with E-state index in [1.165, 1.54) is 25.9 Å². The molecule has 2 aromatic carbocycles. The van der Waals surface area contributed by atoms with E-state index in [2.05, 4.69) is 4.99 Å². The van der Waals surface area contributed by atoms with Gasteiger partial charge in [0.1, 0.15) is 16.4 Å². The van der Waals surface area contributed by atoms with Gasteiger partial charge in [0.05, 0.1) is 12.3 Å². The molecule has 0 aliphatic rings. The molecule has 1 aromatic heterocycles. The third-order valence-electron chi connectivity index (χ3n) is 4.17. The van der Waals surface area contributed by atoms with Gasteiger partial charge in [-0.15, -0.1) is 11.8 Å². The fourth-order valence-electron chi connectivity index (χ4n) is 2.62. The summed E-state index contributed by atoms with van der Waals surface area (Å²) in [6.45, 7) is 0.384. The Morgan fingerprint density at radius 3 is 2.28 bits per heavy atom. The minimum atomic E-state index is -0.604. The molecule has 0 bridgehead atoms. The number of hydrogen-bond acceptors (Lipinski definition) is 6. The Labute approximate surface area is 171 Å². The first kappa shape index (κ1) is 20.5. The molecule has 0 unspecified atom stereocenters. The molecule has 150 valence electrons. The molecule has 29 heavy (non-hydrogen) atoms. The molecule has 0 fully saturated rings. The van der Waals surface area contributed by atoms with Gasteiger partial charge < -0.3 is 9.84 Å². The first-order valence-corrected chi connectivity index (χ1v) is 9.91. The zero-order chi connectivity index (χ0) is 20.8. The molecule has 0 atom stereocenters. The Morgan fingerprint density at radius 2 is 1.62 bits per heavy atom. The lowest BCUT2D eigenvalue weighted by Crippen LogP contribution is -2.39. The van der Waals surface area contributed by atoms with Crippen molar-refractivity contribution in [2.75, 3.05) is 12.4 Å². The second-order valence-electron chi connectivity index (χ2n) is 6.17. The van der Waals surface area contributed by atoms with Gasteiger partial charge in [-0.3, -0.25) is 13.9 Å². The highest BCUT2D eigenvalue weighted by Crippen LogP contribution is 2.23. The molecule has 1 N–H and O–H groups in total. The summed E-state index contributed by atoms with van der Waals surface area (Å²) >= 11 is 1.28. The van der Waals surface area contributed by atoms with E-state index in [0.717, 1.165) is 14.9 Å². The van der Waals surface area contributed by atoms with Crippen LogP contribution in [-0.4, -0.2) is 31.6 Å². The van der Waals surface area contributed by atoms with E-state index in [1.807, 2.05) is 48.5 Å². The van der Waals surface area contributed by atoms with Crippen molar-refractivity contribution >= 4 is 22.5 Å².